The second kappa shape index (κ2) is 6.92. The van der Waals surface area contributed by atoms with Gasteiger partial charge in [0.1, 0.15) is 17.8 Å². The molecule has 7 nitrogen and oxygen atoms in total. The lowest BCUT2D eigenvalue weighted by Crippen LogP contribution is -2.39. The molecule has 2 aromatic heterocycles. The van der Waals surface area contributed by atoms with Crippen LogP contribution in [0.15, 0.2) is 36.7 Å². The molecule has 8 heteroatoms. The first-order valence-corrected chi connectivity index (χ1v) is 8.94. The van der Waals surface area contributed by atoms with E-state index in [1.165, 1.54) is 0 Å². The van der Waals surface area contributed by atoms with E-state index in [1.54, 1.807) is 12.4 Å². The van der Waals surface area contributed by atoms with Crippen LogP contribution in [0.3, 0.4) is 0 Å². The molecule has 1 aromatic carbocycles. The number of carbonyl (C=O) groups excluding carboxylic acids is 1. The number of halogens is 1. The molecular weight excluding hydrogens is 352 g/mol. The molecule has 4 rings (SSSR count). The molecule has 1 aliphatic rings. The van der Waals surface area contributed by atoms with Crippen molar-refractivity contribution in [3.63, 3.8) is 0 Å². The zero-order valence-electron chi connectivity index (χ0n) is 14.4. The summed E-state index contributed by atoms with van der Waals surface area (Å²) in [6, 6.07) is 9.18. The Morgan fingerprint density at radius 2 is 2.12 bits per heavy atom. The number of nitrogens with zero attached hydrogens (tertiary/aromatic N) is 5. The number of nitrogens with one attached hydrogen (secondary N) is 1. The first kappa shape index (κ1) is 16.8. The van der Waals surface area contributed by atoms with Gasteiger partial charge in [0.2, 0.25) is 0 Å². The Balaban J connectivity index is 1.50. The van der Waals surface area contributed by atoms with Crippen molar-refractivity contribution in [1.82, 2.24) is 29.9 Å². The minimum absolute atomic E-state index is 0.0374. The van der Waals surface area contributed by atoms with Crippen molar-refractivity contribution in [2.45, 2.75) is 18.8 Å². The Morgan fingerprint density at radius 3 is 2.85 bits per heavy atom. The van der Waals surface area contributed by atoms with E-state index >= 15 is 0 Å². The highest BCUT2D eigenvalue weighted by molar-refractivity contribution is 6.30. The highest BCUT2D eigenvalue weighted by Gasteiger charge is 2.28. The van der Waals surface area contributed by atoms with Crippen molar-refractivity contribution in [1.29, 1.82) is 0 Å². The largest absolute Gasteiger partial charge is 0.337 e. The maximum Gasteiger partial charge on any atom is 0.271 e. The second-order valence-electron chi connectivity index (χ2n) is 6.56. The van der Waals surface area contributed by atoms with Crippen molar-refractivity contribution in [3.8, 4) is 11.3 Å². The average Bonchev–Trinajstić information content (AvgIpc) is 3.31. The van der Waals surface area contributed by atoms with Crippen molar-refractivity contribution in [2.75, 3.05) is 13.1 Å². The number of piperidine rings is 1. The molecule has 26 heavy (non-hydrogen) atoms. The van der Waals surface area contributed by atoms with E-state index < -0.39 is 0 Å². The molecule has 1 aliphatic heterocycles. The lowest BCUT2D eigenvalue weighted by molar-refractivity contribution is 0.0697. The van der Waals surface area contributed by atoms with Crippen LogP contribution in [-0.4, -0.2) is 48.9 Å². The van der Waals surface area contributed by atoms with E-state index in [1.807, 2.05) is 40.8 Å². The van der Waals surface area contributed by atoms with Gasteiger partial charge in [-0.2, -0.15) is 5.10 Å². The topological polar surface area (TPSA) is 79.7 Å². The molecule has 1 unspecified atom stereocenters. The molecule has 1 fully saturated rings. The Labute approximate surface area is 156 Å². The summed E-state index contributed by atoms with van der Waals surface area (Å²) >= 11 is 5.92. The monoisotopic (exact) mass is 370 g/mol. The van der Waals surface area contributed by atoms with Gasteiger partial charge in [0.05, 0.1) is 5.69 Å². The van der Waals surface area contributed by atoms with E-state index in [4.69, 9.17) is 11.6 Å². The zero-order chi connectivity index (χ0) is 18.1. The Kier molecular flexibility index (Phi) is 4.46. The molecule has 0 spiro atoms. The molecule has 0 aliphatic carbocycles. The van der Waals surface area contributed by atoms with Crippen LogP contribution in [0.2, 0.25) is 5.02 Å². The van der Waals surface area contributed by atoms with Crippen LogP contribution >= 0.6 is 11.6 Å². The fraction of sp³-hybridized carbons (Fsp3) is 0.333. The van der Waals surface area contributed by atoms with Crippen LogP contribution in [0.25, 0.3) is 11.3 Å². The Bertz CT molecular complexity index is 916. The van der Waals surface area contributed by atoms with Gasteiger partial charge in [0, 0.05) is 36.6 Å². The average molecular weight is 371 g/mol. The van der Waals surface area contributed by atoms with E-state index in [9.17, 15) is 4.79 Å². The van der Waals surface area contributed by atoms with Gasteiger partial charge < -0.3 is 9.47 Å². The maximum atomic E-state index is 12.9. The maximum absolute atomic E-state index is 12.9. The number of H-pyrrole nitrogens is 1. The van der Waals surface area contributed by atoms with Crippen molar-refractivity contribution < 1.29 is 4.79 Å². The fourth-order valence-electron chi connectivity index (χ4n) is 3.40. The van der Waals surface area contributed by atoms with Crippen molar-refractivity contribution in [2.24, 2.45) is 7.05 Å². The zero-order valence-corrected chi connectivity index (χ0v) is 15.1. The van der Waals surface area contributed by atoms with Gasteiger partial charge in [0.15, 0.2) is 0 Å². The molecule has 0 saturated carbocycles. The highest BCUT2D eigenvalue weighted by Crippen LogP contribution is 2.26. The predicted molar refractivity (Wildman–Crippen MR) is 97.9 cm³/mol. The van der Waals surface area contributed by atoms with Gasteiger partial charge in [-0.25, -0.2) is 0 Å². The van der Waals surface area contributed by atoms with Gasteiger partial charge in [0.25, 0.3) is 5.91 Å². The molecule has 3 heterocycles. The first-order valence-electron chi connectivity index (χ1n) is 8.56. The highest BCUT2D eigenvalue weighted by atomic mass is 35.5. The van der Waals surface area contributed by atoms with Gasteiger partial charge in [-0.05, 0) is 31.0 Å². The third kappa shape index (κ3) is 3.22. The molecule has 0 bridgehead atoms. The third-order valence-electron chi connectivity index (χ3n) is 4.77. The molecule has 0 radical (unpaired) electrons. The Morgan fingerprint density at radius 1 is 1.31 bits per heavy atom. The number of likely N-dealkylation sites (tertiary alicyclic amines) is 1. The summed E-state index contributed by atoms with van der Waals surface area (Å²) in [5, 5.41) is 16.0. The van der Waals surface area contributed by atoms with Crippen LogP contribution in [0.5, 0.6) is 0 Å². The molecule has 1 saturated heterocycles. The summed E-state index contributed by atoms with van der Waals surface area (Å²) in [5.74, 6) is 1.09. The van der Waals surface area contributed by atoms with E-state index in [2.05, 4.69) is 20.4 Å². The molecule has 1 amide bonds. The number of aryl methyl sites for hydroxylation is 1. The summed E-state index contributed by atoms with van der Waals surface area (Å²) in [6.45, 7) is 1.38. The molecule has 1 atom stereocenters. The quantitative estimate of drug-likeness (QED) is 0.768. The third-order valence-corrected chi connectivity index (χ3v) is 5.02. The van der Waals surface area contributed by atoms with Crippen molar-refractivity contribution >= 4 is 17.5 Å². The molecule has 3 aromatic rings. The number of carbonyl (C=O) groups is 1. The van der Waals surface area contributed by atoms with Crippen LogP contribution < -0.4 is 0 Å². The van der Waals surface area contributed by atoms with Gasteiger partial charge in [-0.1, -0.05) is 23.7 Å². The van der Waals surface area contributed by atoms with Crippen molar-refractivity contribution in [3.05, 3.63) is 53.2 Å². The predicted octanol–water partition coefficient (Wildman–Crippen LogP) is 2.88. The summed E-state index contributed by atoms with van der Waals surface area (Å²) in [7, 11) is 1.93. The van der Waals surface area contributed by atoms with Crippen LogP contribution in [0.1, 0.15) is 35.1 Å². The summed E-state index contributed by atoms with van der Waals surface area (Å²) in [5.41, 5.74) is 2.14. The number of aromatic nitrogens is 5. The number of benzene rings is 1. The lowest BCUT2D eigenvalue weighted by atomic mass is 9.97. The number of amides is 1. The molecular formula is C18H19ClN6O. The SMILES string of the molecule is Cn1cnnc1C1CCCN(C(=O)c2cc(-c3ccc(Cl)cc3)n[nH]2)C1. The molecule has 134 valence electrons. The van der Waals surface area contributed by atoms with Crippen LogP contribution in [0.4, 0.5) is 0 Å². The number of aromatic amines is 1. The second-order valence-corrected chi connectivity index (χ2v) is 7.00. The standard InChI is InChI=1S/C18H19ClN6O/c1-24-11-20-23-17(24)13-3-2-8-25(10-13)18(26)16-9-15(21-22-16)12-4-6-14(19)7-5-12/h4-7,9,11,13H,2-3,8,10H2,1H3,(H,21,22). The van der Waals surface area contributed by atoms with Crippen LogP contribution in [-0.2, 0) is 7.05 Å². The smallest absolute Gasteiger partial charge is 0.271 e. The number of hydrogen-bond donors (Lipinski definition) is 1. The van der Waals surface area contributed by atoms with Gasteiger partial charge >= 0.3 is 0 Å². The number of rotatable bonds is 3. The van der Waals surface area contributed by atoms with E-state index in [0.29, 0.717) is 17.3 Å². The van der Waals surface area contributed by atoms with E-state index in [0.717, 1.165) is 36.5 Å². The van der Waals surface area contributed by atoms with Crippen LogP contribution in [0, 0.1) is 0 Å². The summed E-state index contributed by atoms with van der Waals surface area (Å²) < 4.78 is 1.92. The normalized spacial score (nSPS) is 17.5. The first-order chi connectivity index (χ1) is 12.6. The summed E-state index contributed by atoms with van der Waals surface area (Å²) in [6.07, 6.45) is 3.65. The minimum Gasteiger partial charge on any atom is -0.337 e. The lowest BCUT2D eigenvalue weighted by Gasteiger charge is -2.31. The minimum atomic E-state index is -0.0374. The van der Waals surface area contributed by atoms with Gasteiger partial charge in [-0.15, -0.1) is 10.2 Å². The number of hydrogen-bond acceptors (Lipinski definition) is 4. The molecule has 1 N–H and O–H groups in total. The summed E-state index contributed by atoms with van der Waals surface area (Å²) in [4.78, 5) is 14.8. The Hall–Kier alpha value is -2.67. The van der Waals surface area contributed by atoms with Gasteiger partial charge in [-0.3, -0.25) is 9.89 Å². The fourth-order valence-corrected chi connectivity index (χ4v) is 3.53. The van der Waals surface area contributed by atoms with E-state index in [-0.39, 0.29) is 11.8 Å².